The molecule has 0 aromatic carbocycles. The summed E-state index contributed by atoms with van der Waals surface area (Å²) in [5, 5.41) is 8.67. The van der Waals surface area contributed by atoms with Crippen molar-refractivity contribution < 1.29 is 4.79 Å². The maximum absolute atomic E-state index is 10.9. The van der Waals surface area contributed by atoms with Crippen molar-refractivity contribution in [3.05, 3.63) is 17.0 Å². The predicted octanol–water partition coefficient (Wildman–Crippen LogP) is 1.68. The molecule has 0 saturated heterocycles. The lowest BCUT2D eigenvalue weighted by Crippen LogP contribution is -2.26. The Kier molecular flexibility index (Phi) is 4.67. The standard InChI is InChI=1S/C10H11ClN4O/c1-2-15(5-3-4-12)10-8(6-16)9(11)13-7-14-10/h6-7H,2-3,5H2,1H3. The third kappa shape index (κ3) is 2.67. The molecule has 0 spiro atoms. The molecule has 0 saturated carbocycles. The van der Waals surface area contributed by atoms with Gasteiger partial charge in [-0.15, -0.1) is 0 Å². The number of halogens is 1. The van der Waals surface area contributed by atoms with Crippen LogP contribution in [0.3, 0.4) is 0 Å². The Labute approximate surface area is 98.7 Å². The van der Waals surface area contributed by atoms with Crippen molar-refractivity contribution in [2.45, 2.75) is 13.3 Å². The average Bonchev–Trinajstić information content (AvgIpc) is 2.30. The average molecular weight is 239 g/mol. The molecule has 16 heavy (non-hydrogen) atoms. The van der Waals surface area contributed by atoms with E-state index in [1.807, 2.05) is 17.9 Å². The number of aromatic nitrogens is 2. The second-order valence-corrected chi connectivity index (χ2v) is 3.37. The van der Waals surface area contributed by atoms with Gasteiger partial charge in [-0.3, -0.25) is 4.79 Å². The Morgan fingerprint density at radius 3 is 2.94 bits per heavy atom. The maximum Gasteiger partial charge on any atom is 0.156 e. The third-order valence-corrected chi connectivity index (χ3v) is 2.41. The summed E-state index contributed by atoms with van der Waals surface area (Å²) in [6.45, 7) is 3.08. The van der Waals surface area contributed by atoms with Crippen LogP contribution in [-0.2, 0) is 0 Å². The normalized spacial score (nSPS) is 9.56. The van der Waals surface area contributed by atoms with Crippen molar-refractivity contribution in [1.29, 1.82) is 5.26 Å². The quantitative estimate of drug-likeness (QED) is 0.577. The van der Waals surface area contributed by atoms with E-state index >= 15 is 0 Å². The number of carbonyl (C=O) groups is 1. The molecule has 6 heteroatoms. The molecule has 5 nitrogen and oxygen atoms in total. The lowest BCUT2D eigenvalue weighted by Gasteiger charge is -2.21. The summed E-state index contributed by atoms with van der Waals surface area (Å²) in [5.41, 5.74) is 0.268. The van der Waals surface area contributed by atoms with Crippen molar-refractivity contribution in [1.82, 2.24) is 9.97 Å². The zero-order valence-electron chi connectivity index (χ0n) is 8.85. The van der Waals surface area contributed by atoms with Gasteiger partial charge in [-0.25, -0.2) is 9.97 Å². The monoisotopic (exact) mass is 238 g/mol. The summed E-state index contributed by atoms with van der Waals surface area (Å²) in [5.74, 6) is 0.479. The van der Waals surface area contributed by atoms with Crippen LogP contribution < -0.4 is 4.90 Å². The summed E-state index contributed by atoms with van der Waals surface area (Å²) in [4.78, 5) is 20.5. The van der Waals surface area contributed by atoms with Crippen molar-refractivity contribution in [3.63, 3.8) is 0 Å². The highest BCUT2D eigenvalue weighted by Crippen LogP contribution is 2.21. The lowest BCUT2D eigenvalue weighted by atomic mass is 10.3. The lowest BCUT2D eigenvalue weighted by molar-refractivity contribution is 0.112. The zero-order valence-corrected chi connectivity index (χ0v) is 9.61. The van der Waals surface area contributed by atoms with Crippen LogP contribution in [0.5, 0.6) is 0 Å². The molecule has 0 N–H and O–H groups in total. The van der Waals surface area contributed by atoms with Gasteiger partial charge >= 0.3 is 0 Å². The highest BCUT2D eigenvalue weighted by atomic mass is 35.5. The number of hydrogen-bond acceptors (Lipinski definition) is 5. The SMILES string of the molecule is CCN(CCC#N)c1ncnc(Cl)c1C=O. The summed E-state index contributed by atoms with van der Waals surface area (Å²) in [6.07, 6.45) is 2.31. The smallest absolute Gasteiger partial charge is 0.156 e. The number of nitrogens with zero attached hydrogens (tertiary/aromatic N) is 4. The fraction of sp³-hybridized carbons (Fsp3) is 0.400. The van der Waals surface area contributed by atoms with E-state index < -0.39 is 0 Å². The van der Waals surface area contributed by atoms with Gasteiger partial charge in [0.15, 0.2) is 6.29 Å². The van der Waals surface area contributed by atoms with E-state index in [-0.39, 0.29) is 10.7 Å². The minimum atomic E-state index is 0.135. The van der Waals surface area contributed by atoms with Crippen LogP contribution in [-0.4, -0.2) is 29.3 Å². The fourth-order valence-electron chi connectivity index (χ4n) is 1.32. The van der Waals surface area contributed by atoms with E-state index in [4.69, 9.17) is 16.9 Å². The molecule has 1 aromatic heterocycles. The van der Waals surface area contributed by atoms with E-state index in [0.717, 1.165) is 0 Å². The van der Waals surface area contributed by atoms with Crippen LogP contribution >= 0.6 is 11.6 Å². The molecule has 0 unspecified atom stereocenters. The van der Waals surface area contributed by atoms with Crippen LogP contribution in [0, 0.1) is 11.3 Å². The van der Waals surface area contributed by atoms with Gasteiger partial charge in [0.25, 0.3) is 0 Å². The Morgan fingerprint density at radius 1 is 1.62 bits per heavy atom. The van der Waals surface area contributed by atoms with Crippen LogP contribution in [0.2, 0.25) is 5.15 Å². The van der Waals surface area contributed by atoms with Gasteiger partial charge in [0.2, 0.25) is 0 Å². The molecule has 0 fully saturated rings. The highest BCUT2D eigenvalue weighted by Gasteiger charge is 2.14. The van der Waals surface area contributed by atoms with E-state index in [9.17, 15) is 4.79 Å². The molecule has 1 heterocycles. The summed E-state index contributed by atoms with van der Waals surface area (Å²) < 4.78 is 0. The Bertz CT molecular complexity index is 416. The largest absolute Gasteiger partial charge is 0.355 e. The molecular formula is C10H11ClN4O. The highest BCUT2D eigenvalue weighted by molar-refractivity contribution is 6.32. The molecule has 0 amide bonds. The first kappa shape index (κ1) is 12.4. The number of carbonyl (C=O) groups excluding carboxylic acids is 1. The molecule has 84 valence electrons. The summed E-state index contributed by atoms with van der Waals surface area (Å²) in [7, 11) is 0. The van der Waals surface area contributed by atoms with Crippen LogP contribution in [0.4, 0.5) is 5.82 Å². The van der Waals surface area contributed by atoms with E-state index in [1.54, 1.807) is 0 Å². The zero-order chi connectivity index (χ0) is 12.0. The summed E-state index contributed by atoms with van der Waals surface area (Å²) >= 11 is 5.79. The van der Waals surface area contributed by atoms with Gasteiger partial charge in [-0.05, 0) is 6.92 Å². The number of rotatable bonds is 5. The molecular weight excluding hydrogens is 228 g/mol. The van der Waals surface area contributed by atoms with Gasteiger partial charge in [-0.1, -0.05) is 11.6 Å². The van der Waals surface area contributed by atoms with E-state index in [0.29, 0.717) is 31.6 Å². The topological polar surface area (TPSA) is 69.9 Å². The fourth-order valence-corrected chi connectivity index (χ4v) is 1.49. The Balaban J connectivity index is 3.05. The molecule has 0 atom stereocenters. The van der Waals surface area contributed by atoms with Crippen molar-refractivity contribution in [2.24, 2.45) is 0 Å². The molecule has 0 bridgehead atoms. The minimum Gasteiger partial charge on any atom is -0.355 e. The maximum atomic E-state index is 10.9. The Morgan fingerprint density at radius 2 is 2.38 bits per heavy atom. The second-order valence-electron chi connectivity index (χ2n) is 3.01. The van der Waals surface area contributed by atoms with Gasteiger partial charge in [0.1, 0.15) is 17.3 Å². The van der Waals surface area contributed by atoms with Crippen LogP contribution in [0.1, 0.15) is 23.7 Å². The van der Waals surface area contributed by atoms with Crippen molar-refractivity contribution in [2.75, 3.05) is 18.0 Å². The number of hydrogen-bond donors (Lipinski definition) is 0. The summed E-state index contributed by atoms with van der Waals surface area (Å²) in [6, 6.07) is 2.05. The molecule has 0 radical (unpaired) electrons. The second kappa shape index (κ2) is 6.03. The van der Waals surface area contributed by atoms with Gasteiger partial charge < -0.3 is 4.90 Å². The Hall–Kier alpha value is -1.67. The molecule has 1 aromatic rings. The number of aldehydes is 1. The first-order valence-corrected chi connectivity index (χ1v) is 5.20. The molecule has 0 aliphatic heterocycles. The predicted molar refractivity (Wildman–Crippen MR) is 60.5 cm³/mol. The van der Waals surface area contributed by atoms with E-state index in [2.05, 4.69) is 9.97 Å². The van der Waals surface area contributed by atoms with Crippen molar-refractivity contribution >= 4 is 23.7 Å². The molecule has 1 rings (SSSR count). The molecule has 0 aliphatic rings. The number of anilines is 1. The van der Waals surface area contributed by atoms with Gasteiger partial charge in [0, 0.05) is 13.1 Å². The third-order valence-electron chi connectivity index (χ3n) is 2.11. The van der Waals surface area contributed by atoms with Crippen LogP contribution in [0.15, 0.2) is 6.33 Å². The first-order chi connectivity index (χ1) is 7.74. The molecule has 0 aliphatic carbocycles. The van der Waals surface area contributed by atoms with E-state index in [1.165, 1.54) is 6.33 Å². The number of nitriles is 1. The van der Waals surface area contributed by atoms with Gasteiger partial charge in [-0.2, -0.15) is 5.26 Å². The first-order valence-electron chi connectivity index (χ1n) is 4.82. The minimum absolute atomic E-state index is 0.135. The van der Waals surface area contributed by atoms with Crippen LogP contribution in [0.25, 0.3) is 0 Å². The van der Waals surface area contributed by atoms with Gasteiger partial charge in [0.05, 0.1) is 18.1 Å². The van der Waals surface area contributed by atoms with Crippen molar-refractivity contribution in [3.8, 4) is 6.07 Å².